The van der Waals surface area contributed by atoms with E-state index in [1.165, 1.54) is 26.7 Å². The van der Waals surface area contributed by atoms with Crippen LogP contribution in [0.25, 0.3) is 0 Å². The topological polar surface area (TPSA) is 52.6 Å². The second kappa shape index (κ2) is 7.03. The molecule has 4 aliphatic carbocycles. The predicted octanol–water partition coefficient (Wildman–Crippen LogP) is 4.90. The van der Waals surface area contributed by atoms with Crippen LogP contribution in [-0.2, 0) is 19.1 Å². The van der Waals surface area contributed by atoms with Gasteiger partial charge >= 0.3 is 11.9 Å². The Morgan fingerprint density at radius 1 is 0.931 bits per heavy atom. The molecule has 0 aromatic heterocycles. The zero-order chi connectivity index (χ0) is 21.0. The lowest BCUT2D eigenvalue weighted by Gasteiger charge is -2.61. The van der Waals surface area contributed by atoms with Crippen LogP contribution in [0.1, 0.15) is 85.5 Å². The smallest absolute Gasteiger partial charge is 0.304 e. The Hall–Kier alpha value is -1.50. The van der Waals surface area contributed by atoms with E-state index >= 15 is 0 Å². The van der Waals surface area contributed by atoms with E-state index in [1.807, 2.05) is 0 Å². The molecule has 4 fully saturated rings. The van der Waals surface area contributed by atoms with Crippen molar-refractivity contribution in [1.29, 1.82) is 0 Å². The summed E-state index contributed by atoms with van der Waals surface area (Å²) >= 11 is 0. The number of hydrogen-bond donors (Lipinski definition) is 0. The lowest BCUT2D eigenvalue weighted by molar-refractivity contribution is -0.178. The molecule has 8 atom stereocenters. The summed E-state index contributed by atoms with van der Waals surface area (Å²) in [6.45, 7) is 7.79. The van der Waals surface area contributed by atoms with Gasteiger partial charge in [0, 0.05) is 19.3 Å². The van der Waals surface area contributed by atoms with Crippen LogP contribution in [0.3, 0.4) is 0 Å². The Morgan fingerprint density at radius 2 is 1.66 bits per heavy atom. The summed E-state index contributed by atoms with van der Waals surface area (Å²) < 4.78 is 11.4. The molecule has 0 aromatic carbocycles. The summed E-state index contributed by atoms with van der Waals surface area (Å²) in [7, 11) is 0. The Labute approximate surface area is 175 Å². The highest BCUT2D eigenvalue weighted by atomic mass is 16.6. The van der Waals surface area contributed by atoms with Crippen molar-refractivity contribution in [2.24, 2.45) is 34.5 Å². The maximum atomic E-state index is 11.9. The van der Waals surface area contributed by atoms with Crippen LogP contribution in [0.4, 0.5) is 0 Å². The molecule has 0 aliphatic heterocycles. The first-order chi connectivity index (χ1) is 13.6. The van der Waals surface area contributed by atoms with Crippen molar-refractivity contribution in [2.75, 3.05) is 0 Å². The van der Waals surface area contributed by atoms with E-state index in [0.29, 0.717) is 29.1 Å². The maximum absolute atomic E-state index is 11.9. The standard InChI is InChI=1S/C25H36O4/c1-6-25(29-17(3)27)14-11-22-20-8-7-18-15-19(28-16(2)26)9-12-23(18,4)21(20)10-13-24(22,25)5/h1,18-22H,7-15H2,2-5H3/t18?,19?,20?,21?,22?,23?,24-,25?/m0/s1. The average Bonchev–Trinajstić information content (AvgIpc) is 2.94. The Kier molecular flexibility index (Phi) is 5.03. The van der Waals surface area contributed by atoms with Crippen molar-refractivity contribution in [1.82, 2.24) is 0 Å². The molecule has 160 valence electrons. The van der Waals surface area contributed by atoms with E-state index in [0.717, 1.165) is 44.9 Å². The molecule has 4 rings (SSSR count). The van der Waals surface area contributed by atoms with Crippen molar-refractivity contribution in [3.8, 4) is 12.3 Å². The number of esters is 2. The Bertz CT molecular complexity index is 738. The van der Waals surface area contributed by atoms with Gasteiger partial charge in [0.2, 0.25) is 0 Å². The average molecular weight is 401 g/mol. The molecule has 0 aromatic rings. The normalized spacial score (nSPS) is 48.4. The highest BCUT2D eigenvalue weighted by Gasteiger charge is 2.66. The molecular formula is C25H36O4. The highest BCUT2D eigenvalue weighted by Crippen LogP contribution is 2.68. The van der Waals surface area contributed by atoms with Crippen molar-refractivity contribution in [3.05, 3.63) is 0 Å². The van der Waals surface area contributed by atoms with Crippen LogP contribution in [0, 0.1) is 46.8 Å². The third kappa shape index (κ3) is 3.03. The molecular weight excluding hydrogens is 364 g/mol. The monoisotopic (exact) mass is 400 g/mol. The summed E-state index contributed by atoms with van der Waals surface area (Å²) in [6.07, 6.45) is 15.7. The minimum Gasteiger partial charge on any atom is -0.463 e. The quantitative estimate of drug-likeness (QED) is 0.489. The number of rotatable bonds is 2. The number of hydrogen-bond acceptors (Lipinski definition) is 4. The minimum absolute atomic E-state index is 0.0977. The van der Waals surface area contributed by atoms with E-state index in [9.17, 15) is 9.59 Å². The van der Waals surface area contributed by atoms with Gasteiger partial charge in [0.15, 0.2) is 5.60 Å². The van der Waals surface area contributed by atoms with Crippen LogP contribution in [0.2, 0.25) is 0 Å². The lowest BCUT2D eigenvalue weighted by atomic mass is 9.44. The predicted molar refractivity (Wildman–Crippen MR) is 111 cm³/mol. The molecule has 4 heteroatoms. The number of fused-ring (bicyclic) bond motifs is 5. The van der Waals surface area contributed by atoms with Crippen LogP contribution in [0.5, 0.6) is 0 Å². The van der Waals surface area contributed by atoms with Crippen molar-refractivity contribution >= 4 is 11.9 Å². The molecule has 7 unspecified atom stereocenters. The first-order valence-electron chi connectivity index (χ1n) is 11.5. The Balaban J connectivity index is 1.57. The van der Waals surface area contributed by atoms with Crippen LogP contribution >= 0.6 is 0 Å². The van der Waals surface area contributed by atoms with Crippen molar-refractivity contribution < 1.29 is 19.1 Å². The maximum Gasteiger partial charge on any atom is 0.304 e. The molecule has 4 aliphatic rings. The van der Waals surface area contributed by atoms with Gasteiger partial charge in [0.25, 0.3) is 0 Å². The molecule has 29 heavy (non-hydrogen) atoms. The van der Waals surface area contributed by atoms with Crippen molar-refractivity contribution in [2.45, 2.75) is 97.2 Å². The molecule has 0 amide bonds. The van der Waals surface area contributed by atoms with E-state index in [-0.39, 0.29) is 23.5 Å². The molecule has 0 radical (unpaired) electrons. The summed E-state index contributed by atoms with van der Waals surface area (Å²) in [5.41, 5.74) is -0.532. The second-order valence-corrected chi connectivity index (χ2v) is 10.7. The van der Waals surface area contributed by atoms with E-state index in [4.69, 9.17) is 15.9 Å². The third-order valence-electron chi connectivity index (χ3n) is 9.62. The van der Waals surface area contributed by atoms with Crippen LogP contribution < -0.4 is 0 Å². The van der Waals surface area contributed by atoms with Crippen LogP contribution in [-0.4, -0.2) is 23.6 Å². The fourth-order valence-electron chi connectivity index (χ4n) is 8.24. The first-order valence-corrected chi connectivity index (χ1v) is 11.5. The van der Waals surface area contributed by atoms with Gasteiger partial charge < -0.3 is 9.47 Å². The molecule has 0 saturated heterocycles. The number of carbonyl (C=O) groups is 2. The zero-order valence-electron chi connectivity index (χ0n) is 18.5. The fourth-order valence-corrected chi connectivity index (χ4v) is 8.24. The van der Waals surface area contributed by atoms with Gasteiger partial charge in [-0.25, -0.2) is 0 Å². The fraction of sp³-hybridized carbons (Fsp3) is 0.840. The van der Waals surface area contributed by atoms with Gasteiger partial charge in [0.1, 0.15) is 6.10 Å². The third-order valence-corrected chi connectivity index (χ3v) is 9.62. The minimum atomic E-state index is -0.737. The summed E-state index contributed by atoms with van der Waals surface area (Å²) in [5.74, 6) is 5.06. The molecule has 0 N–H and O–H groups in total. The lowest BCUT2D eigenvalue weighted by Crippen LogP contribution is -2.57. The van der Waals surface area contributed by atoms with Gasteiger partial charge in [-0.05, 0) is 86.9 Å². The number of terminal acetylenes is 1. The Morgan fingerprint density at radius 3 is 2.31 bits per heavy atom. The van der Waals surface area contributed by atoms with E-state index in [2.05, 4.69) is 19.8 Å². The molecule has 0 spiro atoms. The molecule has 4 saturated carbocycles. The summed E-state index contributed by atoms with van der Waals surface area (Å²) in [6, 6.07) is 0. The zero-order valence-corrected chi connectivity index (χ0v) is 18.5. The van der Waals surface area contributed by atoms with Gasteiger partial charge in [-0.3, -0.25) is 9.59 Å². The summed E-state index contributed by atoms with van der Waals surface area (Å²) in [4.78, 5) is 23.3. The van der Waals surface area contributed by atoms with Gasteiger partial charge in [-0.15, -0.1) is 6.42 Å². The molecule has 4 nitrogen and oxygen atoms in total. The second-order valence-electron chi connectivity index (χ2n) is 10.7. The van der Waals surface area contributed by atoms with Gasteiger partial charge in [-0.1, -0.05) is 19.8 Å². The van der Waals surface area contributed by atoms with E-state index in [1.54, 1.807) is 0 Å². The van der Waals surface area contributed by atoms with E-state index < -0.39 is 5.60 Å². The van der Waals surface area contributed by atoms with Gasteiger partial charge in [-0.2, -0.15) is 0 Å². The molecule has 0 bridgehead atoms. The summed E-state index contributed by atoms with van der Waals surface area (Å²) in [5, 5.41) is 0. The highest BCUT2D eigenvalue weighted by molar-refractivity contribution is 5.67. The van der Waals surface area contributed by atoms with Gasteiger partial charge in [0.05, 0.1) is 0 Å². The van der Waals surface area contributed by atoms with Crippen LogP contribution in [0.15, 0.2) is 0 Å². The van der Waals surface area contributed by atoms with Crippen molar-refractivity contribution in [3.63, 3.8) is 0 Å². The largest absolute Gasteiger partial charge is 0.463 e. The SMILES string of the molecule is C#CC1(OC(C)=O)CCC2C3CCC4CC(OC(C)=O)CCC4(C)C3CC[C@@]21C. The number of ether oxygens (including phenoxy) is 2. The first kappa shape index (κ1) is 20.8. The molecule has 0 heterocycles. The number of carbonyl (C=O) groups excluding carboxylic acids is 2.